The SMILES string of the molecule is C=CCO[C@@]12Oc3ccc(OCc4cccc(C)n4)cc3[C@H]3[C@H](CCCCO)[C@@H](CCCCO)C=C(C(=NOCC)C[C@@H]1N(C)C(=O)CCCCCCCCCCC)[C@H]32. The van der Waals surface area contributed by atoms with Gasteiger partial charge in [-0.25, -0.2) is 0 Å². The number of aliphatic hydroxyl groups excluding tert-OH is 2. The number of unbranched alkanes of at least 4 members (excludes halogenated alkanes) is 10. The van der Waals surface area contributed by atoms with Crippen LogP contribution in [0.2, 0.25) is 0 Å². The summed E-state index contributed by atoms with van der Waals surface area (Å²) in [6.45, 7) is 11.5. The zero-order valence-electron chi connectivity index (χ0n) is 36.5. The van der Waals surface area contributed by atoms with Gasteiger partial charge in [-0.05, 0) is 93.7 Å². The number of benzene rings is 1. The summed E-state index contributed by atoms with van der Waals surface area (Å²) in [6, 6.07) is 11.5. The number of hydrogen-bond acceptors (Lipinski definition) is 9. The monoisotopic (exact) mass is 816 g/mol. The number of pyridine rings is 1. The van der Waals surface area contributed by atoms with Crippen molar-refractivity contribution < 1.29 is 34.1 Å². The predicted octanol–water partition coefficient (Wildman–Crippen LogP) is 10.0. The van der Waals surface area contributed by atoms with E-state index in [0.29, 0.717) is 38.2 Å². The first kappa shape index (κ1) is 46.3. The number of allylic oxidation sites excluding steroid dienone is 1. The van der Waals surface area contributed by atoms with E-state index in [1.165, 1.54) is 38.5 Å². The maximum atomic E-state index is 14.3. The number of fused-ring (bicyclic) bond motifs is 2. The second kappa shape index (κ2) is 23.9. The molecule has 1 aliphatic heterocycles. The van der Waals surface area contributed by atoms with Crippen LogP contribution in [0.3, 0.4) is 0 Å². The van der Waals surface area contributed by atoms with Crippen LogP contribution < -0.4 is 9.47 Å². The third kappa shape index (κ3) is 12.0. The van der Waals surface area contributed by atoms with Crippen molar-refractivity contribution in [2.75, 3.05) is 33.5 Å². The van der Waals surface area contributed by atoms with Gasteiger partial charge in [0.2, 0.25) is 11.7 Å². The topological polar surface area (TPSA) is 123 Å². The zero-order chi connectivity index (χ0) is 42.0. The Morgan fingerprint density at radius 1 is 0.983 bits per heavy atom. The van der Waals surface area contributed by atoms with Crippen LogP contribution in [-0.2, 0) is 21.0 Å². The summed E-state index contributed by atoms with van der Waals surface area (Å²) in [6.07, 6.45) is 20.6. The van der Waals surface area contributed by atoms with Gasteiger partial charge in [0.15, 0.2) is 0 Å². The lowest BCUT2D eigenvalue weighted by Crippen LogP contribution is -2.69. The highest BCUT2D eigenvalue weighted by molar-refractivity contribution is 6.03. The second-order valence-electron chi connectivity index (χ2n) is 16.8. The number of aromatic nitrogens is 1. The molecule has 0 unspecified atom stereocenters. The van der Waals surface area contributed by atoms with Gasteiger partial charge in [0.25, 0.3) is 0 Å². The summed E-state index contributed by atoms with van der Waals surface area (Å²) in [7, 11) is 1.90. The third-order valence-electron chi connectivity index (χ3n) is 12.6. The molecule has 0 radical (unpaired) electrons. The predicted molar refractivity (Wildman–Crippen MR) is 235 cm³/mol. The van der Waals surface area contributed by atoms with E-state index >= 15 is 0 Å². The molecule has 2 aromatic rings. The first-order valence-corrected chi connectivity index (χ1v) is 22.8. The Morgan fingerprint density at radius 2 is 1.71 bits per heavy atom. The summed E-state index contributed by atoms with van der Waals surface area (Å²) in [5.74, 6) is 0.136. The molecule has 10 nitrogen and oxygen atoms in total. The van der Waals surface area contributed by atoms with Gasteiger partial charge in [-0.1, -0.05) is 94.5 Å². The minimum absolute atomic E-state index is 0.0688. The van der Waals surface area contributed by atoms with Crippen molar-refractivity contribution in [3.05, 3.63) is 77.7 Å². The average molecular weight is 816 g/mol. The Labute approximate surface area is 354 Å². The maximum absolute atomic E-state index is 14.3. The minimum atomic E-state index is -1.25. The number of aliphatic hydroxyl groups is 2. The molecule has 1 amide bonds. The molecule has 2 N–H and O–H groups in total. The number of nitrogens with zero attached hydrogens (tertiary/aromatic N) is 3. The molecule has 3 aliphatic rings. The first-order valence-electron chi connectivity index (χ1n) is 22.8. The Bertz CT molecular complexity index is 1680. The van der Waals surface area contributed by atoms with Crippen LogP contribution in [0.4, 0.5) is 0 Å². The molecule has 5 rings (SSSR count). The molecule has 1 saturated carbocycles. The van der Waals surface area contributed by atoms with E-state index in [9.17, 15) is 15.0 Å². The van der Waals surface area contributed by atoms with Gasteiger partial charge in [0.1, 0.15) is 30.8 Å². The molecule has 0 bridgehead atoms. The molecule has 1 aromatic carbocycles. The number of rotatable bonds is 27. The van der Waals surface area contributed by atoms with Gasteiger partial charge in [-0.3, -0.25) is 9.78 Å². The van der Waals surface area contributed by atoms with E-state index in [2.05, 4.69) is 30.6 Å². The molecular weight excluding hydrogens is 743 g/mol. The van der Waals surface area contributed by atoms with E-state index in [0.717, 1.165) is 85.4 Å². The van der Waals surface area contributed by atoms with Crippen LogP contribution in [0.25, 0.3) is 0 Å². The number of ether oxygens (including phenoxy) is 3. The Morgan fingerprint density at radius 3 is 2.41 bits per heavy atom. The van der Waals surface area contributed by atoms with Crippen molar-refractivity contribution in [1.82, 2.24) is 9.88 Å². The Kier molecular flexibility index (Phi) is 18.8. The number of carbonyl (C=O) groups excluding carboxylic acids is 1. The van der Waals surface area contributed by atoms with E-state index in [1.807, 2.05) is 56.1 Å². The van der Waals surface area contributed by atoms with Gasteiger partial charge in [-0.2, -0.15) is 0 Å². The lowest BCUT2D eigenvalue weighted by molar-refractivity contribution is -0.255. The summed E-state index contributed by atoms with van der Waals surface area (Å²) < 4.78 is 20.8. The number of aryl methyl sites for hydroxylation is 1. The fourth-order valence-corrected chi connectivity index (χ4v) is 9.73. The summed E-state index contributed by atoms with van der Waals surface area (Å²) >= 11 is 0. The lowest BCUT2D eigenvalue weighted by atomic mass is 9.55. The molecule has 59 heavy (non-hydrogen) atoms. The highest BCUT2D eigenvalue weighted by Gasteiger charge is 2.65. The first-order chi connectivity index (χ1) is 28.8. The highest BCUT2D eigenvalue weighted by Crippen LogP contribution is 2.61. The molecular formula is C49H73N3O7. The molecule has 326 valence electrons. The summed E-state index contributed by atoms with van der Waals surface area (Å²) in [5, 5.41) is 24.5. The number of amides is 1. The number of carbonyl (C=O) groups is 1. The lowest BCUT2D eigenvalue weighted by Gasteiger charge is -2.59. The van der Waals surface area contributed by atoms with Crippen LogP contribution in [-0.4, -0.2) is 77.0 Å². The van der Waals surface area contributed by atoms with Crippen molar-refractivity contribution in [3.63, 3.8) is 0 Å². The normalized spacial score (nSPS) is 23.8. The molecule has 1 fully saturated rings. The van der Waals surface area contributed by atoms with Crippen LogP contribution >= 0.6 is 0 Å². The number of hydrogen-bond donors (Lipinski definition) is 2. The van der Waals surface area contributed by atoms with Crippen LogP contribution in [0, 0.1) is 24.7 Å². The molecule has 6 atom stereocenters. The Hall–Kier alpha value is -3.73. The highest BCUT2D eigenvalue weighted by atomic mass is 16.7. The molecule has 0 spiro atoms. The van der Waals surface area contributed by atoms with E-state index in [1.54, 1.807) is 6.08 Å². The summed E-state index contributed by atoms with van der Waals surface area (Å²) in [4.78, 5) is 26.7. The van der Waals surface area contributed by atoms with Crippen LogP contribution in [0.1, 0.15) is 146 Å². The van der Waals surface area contributed by atoms with E-state index in [-0.39, 0.29) is 49.4 Å². The van der Waals surface area contributed by atoms with Gasteiger partial charge in [-0.15, -0.1) is 6.58 Å². The van der Waals surface area contributed by atoms with Crippen molar-refractivity contribution in [3.8, 4) is 11.5 Å². The summed E-state index contributed by atoms with van der Waals surface area (Å²) in [5.41, 5.74) is 4.68. The Balaban J connectivity index is 1.56. The quantitative estimate of drug-likeness (QED) is 0.0519. The molecule has 1 aromatic heterocycles. The third-order valence-corrected chi connectivity index (χ3v) is 12.6. The molecule has 2 heterocycles. The fraction of sp³-hybridized carbons (Fsp3) is 0.653. The van der Waals surface area contributed by atoms with Crippen LogP contribution in [0.15, 0.2) is 65.9 Å². The number of likely N-dealkylation sites (N-methyl/N-ethyl adjacent to an activating group) is 1. The van der Waals surface area contributed by atoms with Gasteiger partial charge in [0, 0.05) is 50.3 Å². The smallest absolute Gasteiger partial charge is 0.239 e. The van der Waals surface area contributed by atoms with Gasteiger partial charge in [0.05, 0.1) is 23.9 Å². The largest absolute Gasteiger partial charge is 0.487 e. The molecule has 10 heteroatoms. The van der Waals surface area contributed by atoms with Crippen molar-refractivity contribution in [2.24, 2.45) is 22.9 Å². The number of oxime groups is 1. The van der Waals surface area contributed by atoms with Crippen molar-refractivity contribution in [1.29, 1.82) is 0 Å². The fourth-order valence-electron chi connectivity index (χ4n) is 9.73. The van der Waals surface area contributed by atoms with Gasteiger partial charge >= 0.3 is 0 Å². The van der Waals surface area contributed by atoms with E-state index < -0.39 is 11.8 Å². The average Bonchev–Trinajstić information content (AvgIpc) is 3.24. The van der Waals surface area contributed by atoms with E-state index in [4.69, 9.17) is 24.2 Å². The zero-order valence-corrected chi connectivity index (χ0v) is 36.5. The maximum Gasteiger partial charge on any atom is 0.239 e. The van der Waals surface area contributed by atoms with Crippen molar-refractivity contribution >= 4 is 11.6 Å². The van der Waals surface area contributed by atoms with Crippen molar-refractivity contribution in [2.45, 2.75) is 154 Å². The van der Waals surface area contributed by atoms with Crippen LogP contribution in [0.5, 0.6) is 11.5 Å². The standard InChI is InChI=1S/C49H73N3O7/c1-6-9-10-11-12-13-14-15-16-26-46(55)52(5)45-34-43(51-58-8-3)41-32-37(23-17-19-29-53)40(25-18-20-30-54)47-42-33-39(56-35-38-24-21-22-36(4)50-38)27-28-44(42)59-49(45,48(41)47)57-31-7-2/h7,21-22,24,27-28,32-33,37,40,45,47-48,53-54H,2,6,8-20,23,25-26,29-31,34-35H2,1,3-5H3/t37-,40+,45-,47+,48+,49+/m0/s1. The molecule has 0 saturated heterocycles. The minimum Gasteiger partial charge on any atom is -0.487 e. The second-order valence-corrected chi connectivity index (χ2v) is 16.8. The molecule has 2 aliphatic carbocycles. The van der Waals surface area contributed by atoms with Gasteiger partial charge < -0.3 is 34.2 Å².